The van der Waals surface area contributed by atoms with Crippen LogP contribution < -0.4 is 15.4 Å². The average Bonchev–Trinajstić information content (AvgIpc) is 3.17. The lowest BCUT2D eigenvalue weighted by molar-refractivity contribution is -0.384. The monoisotopic (exact) mass is 587 g/mol. The molecule has 0 bridgehead atoms. The normalized spacial score (nSPS) is 16.4. The number of hydrogen-bond acceptors (Lipinski definition) is 6. The van der Waals surface area contributed by atoms with Gasteiger partial charge in [-0.1, -0.05) is 49.0 Å². The second-order valence-corrected chi connectivity index (χ2v) is 9.89. The molecular formula is C25H22IN3O4S. The Morgan fingerprint density at radius 3 is 2.65 bits per heavy atom. The Bertz CT molecular complexity index is 1250. The van der Waals surface area contributed by atoms with Crippen molar-refractivity contribution in [3.63, 3.8) is 0 Å². The van der Waals surface area contributed by atoms with Gasteiger partial charge >= 0.3 is 0 Å². The van der Waals surface area contributed by atoms with Crippen molar-refractivity contribution in [1.82, 2.24) is 5.32 Å². The maximum Gasteiger partial charge on any atom is 0.269 e. The number of carbonyl (C=O) groups excluding carboxylic acids is 1. The van der Waals surface area contributed by atoms with Crippen LogP contribution in [-0.4, -0.2) is 16.3 Å². The number of aryl methyl sites for hydroxylation is 1. The van der Waals surface area contributed by atoms with E-state index in [0.717, 1.165) is 26.8 Å². The minimum atomic E-state index is -0.422. The molecule has 0 radical (unpaired) electrons. The topological polar surface area (TPSA) is 93.5 Å². The van der Waals surface area contributed by atoms with Crippen molar-refractivity contribution in [2.75, 3.05) is 5.32 Å². The van der Waals surface area contributed by atoms with Gasteiger partial charge in [-0.15, -0.1) is 0 Å². The smallest absolute Gasteiger partial charge is 0.269 e. The summed E-state index contributed by atoms with van der Waals surface area (Å²) in [5.41, 5.74) is 3.63. The van der Waals surface area contributed by atoms with Gasteiger partial charge in [0.25, 0.3) is 11.6 Å². The third-order valence-corrected chi connectivity index (χ3v) is 7.03. The lowest BCUT2D eigenvalue weighted by Gasteiger charge is -2.12. The van der Waals surface area contributed by atoms with E-state index >= 15 is 0 Å². The number of non-ortho nitro benzene ring substituents is 1. The number of halogens is 1. The summed E-state index contributed by atoms with van der Waals surface area (Å²) in [5, 5.41) is 17.2. The Labute approximate surface area is 215 Å². The van der Waals surface area contributed by atoms with Crippen LogP contribution in [-0.2, 0) is 17.8 Å². The summed E-state index contributed by atoms with van der Waals surface area (Å²) in [6.45, 7) is 2.34. The van der Waals surface area contributed by atoms with Crippen molar-refractivity contribution in [2.45, 2.75) is 25.4 Å². The highest BCUT2D eigenvalue weighted by Gasteiger charge is 2.27. The Kier molecular flexibility index (Phi) is 7.73. The SMILES string of the molecule is CCc1ccc(N[C@H]2NC(=O)/C(=C/c3ccc(OCc4cccc([N+](=O)[O-])c4)c(I)c3)S2)cc1. The van der Waals surface area contributed by atoms with E-state index in [1.165, 1.54) is 29.5 Å². The van der Waals surface area contributed by atoms with E-state index in [1.54, 1.807) is 12.1 Å². The highest BCUT2D eigenvalue weighted by atomic mass is 127. The van der Waals surface area contributed by atoms with Gasteiger partial charge in [0.15, 0.2) is 5.50 Å². The molecule has 3 aromatic rings. The molecule has 1 saturated heterocycles. The molecule has 2 N–H and O–H groups in total. The zero-order chi connectivity index (χ0) is 24.1. The number of nitrogens with one attached hydrogen (secondary N) is 2. The number of nitro benzene ring substituents is 1. The van der Waals surface area contributed by atoms with Crippen molar-refractivity contribution < 1.29 is 14.5 Å². The quantitative estimate of drug-likeness (QED) is 0.147. The van der Waals surface area contributed by atoms with Gasteiger partial charge in [-0.25, -0.2) is 0 Å². The number of anilines is 1. The molecule has 0 aliphatic carbocycles. The molecule has 0 saturated carbocycles. The number of thioether (sulfide) groups is 1. The Morgan fingerprint density at radius 2 is 1.94 bits per heavy atom. The van der Waals surface area contributed by atoms with Gasteiger partial charge < -0.3 is 15.4 Å². The summed E-state index contributed by atoms with van der Waals surface area (Å²) in [6, 6.07) is 20.2. The molecule has 9 heteroatoms. The zero-order valence-electron chi connectivity index (χ0n) is 18.3. The first-order valence-electron chi connectivity index (χ1n) is 10.6. The van der Waals surface area contributed by atoms with Crippen molar-refractivity contribution in [3.05, 3.63) is 102 Å². The number of ether oxygens (including phenoxy) is 1. The molecule has 0 unspecified atom stereocenters. The van der Waals surface area contributed by atoms with Crippen molar-refractivity contribution in [3.8, 4) is 5.75 Å². The largest absolute Gasteiger partial charge is 0.488 e. The van der Waals surface area contributed by atoms with Crippen LogP contribution in [0.4, 0.5) is 11.4 Å². The standard InChI is InChI=1S/C25H22IN3O4S/c1-2-16-6-9-19(10-7-16)27-25-28-24(30)23(34-25)14-17-8-11-22(21(26)13-17)33-15-18-4-3-5-20(12-18)29(31)32/h3-14,25,27H,2,15H2,1H3,(H,28,30)/b23-14-/t25-/m0/s1. The van der Waals surface area contributed by atoms with Crippen LogP contribution in [0.15, 0.2) is 71.6 Å². The second kappa shape index (κ2) is 10.9. The molecule has 1 amide bonds. The molecular weight excluding hydrogens is 565 g/mol. The van der Waals surface area contributed by atoms with Crippen molar-refractivity contribution in [2.24, 2.45) is 0 Å². The van der Waals surface area contributed by atoms with Crippen LogP contribution >= 0.6 is 34.4 Å². The van der Waals surface area contributed by atoms with Crippen molar-refractivity contribution in [1.29, 1.82) is 0 Å². The zero-order valence-corrected chi connectivity index (χ0v) is 21.3. The van der Waals surface area contributed by atoms with Gasteiger partial charge in [-0.3, -0.25) is 14.9 Å². The predicted molar refractivity (Wildman–Crippen MR) is 144 cm³/mol. The molecule has 0 spiro atoms. The van der Waals surface area contributed by atoms with Gasteiger partial charge in [0, 0.05) is 17.8 Å². The summed E-state index contributed by atoms with van der Waals surface area (Å²) in [6.07, 6.45) is 2.84. The maximum atomic E-state index is 12.5. The van der Waals surface area contributed by atoms with E-state index < -0.39 is 4.92 Å². The Hall–Kier alpha value is -3.05. The van der Waals surface area contributed by atoms with E-state index in [-0.39, 0.29) is 23.7 Å². The average molecular weight is 587 g/mol. The second-order valence-electron chi connectivity index (χ2n) is 7.58. The molecule has 3 aromatic carbocycles. The third kappa shape index (κ3) is 6.09. The van der Waals surface area contributed by atoms with E-state index in [1.807, 2.05) is 36.4 Å². The van der Waals surface area contributed by atoms with Crippen molar-refractivity contribution >= 4 is 57.7 Å². The molecule has 0 aromatic heterocycles. The van der Waals surface area contributed by atoms with Crippen LogP contribution in [0.1, 0.15) is 23.6 Å². The number of carbonyl (C=O) groups is 1. The summed E-state index contributed by atoms with van der Waals surface area (Å²) in [5.74, 6) is 0.557. The Balaban J connectivity index is 1.39. The number of nitrogens with zero attached hydrogens (tertiary/aromatic N) is 1. The van der Waals surface area contributed by atoms with E-state index in [9.17, 15) is 14.9 Å². The molecule has 1 fully saturated rings. The molecule has 1 aliphatic rings. The first-order valence-corrected chi connectivity index (χ1v) is 12.6. The number of hydrogen-bond donors (Lipinski definition) is 2. The Morgan fingerprint density at radius 1 is 1.15 bits per heavy atom. The van der Waals surface area contributed by atoms with E-state index in [4.69, 9.17) is 4.74 Å². The van der Waals surface area contributed by atoms with Crippen LogP contribution in [0.5, 0.6) is 5.75 Å². The first-order chi connectivity index (χ1) is 16.4. The number of amides is 1. The fourth-order valence-corrected chi connectivity index (χ4v) is 5.03. The molecule has 7 nitrogen and oxygen atoms in total. The number of benzene rings is 3. The van der Waals surface area contributed by atoms with E-state index in [0.29, 0.717) is 10.7 Å². The maximum absolute atomic E-state index is 12.5. The number of nitro groups is 1. The third-order valence-electron chi connectivity index (χ3n) is 5.16. The van der Waals surface area contributed by atoms with Gasteiger partial charge in [0.2, 0.25) is 0 Å². The molecule has 1 heterocycles. The summed E-state index contributed by atoms with van der Waals surface area (Å²) in [4.78, 5) is 23.6. The number of rotatable bonds is 8. The molecule has 174 valence electrons. The van der Waals surface area contributed by atoms with Crippen LogP contribution in [0.25, 0.3) is 6.08 Å². The summed E-state index contributed by atoms with van der Waals surface area (Å²) in [7, 11) is 0. The minimum absolute atomic E-state index is 0.0378. The molecule has 4 rings (SSSR count). The van der Waals surface area contributed by atoms with E-state index in [2.05, 4.69) is 52.3 Å². The van der Waals surface area contributed by atoms with Crippen LogP contribution in [0.3, 0.4) is 0 Å². The van der Waals surface area contributed by atoms with Gasteiger partial charge in [-0.2, -0.15) is 0 Å². The molecule has 34 heavy (non-hydrogen) atoms. The van der Waals surface area contributed by atoms with Gasteiger partial charge in [0.1, 0.15) is 12.4 Å². The summed E-state index contributed by atoms with van der Waals surface area (Å²) >= 11 is 3.62. The lowest BCUT2D eigenvalue weighted by Crippen LogP contribution is -2.30. The van der Waals surface area contributed by atoms with Gasteiger partial charge in [0.05, 0.1) is 13.4 Å². The molecule has 1 atom stereocenters. The van der Waals surface area contributed by atoms with Crippen LogP contribution in [0.2, 0.25) is 0 Å². The lowest BCUT2D eigenvalue weighted by atomic mass is 10.1. The highest BCUT2D eigenvalue weighted by Crippen LogP contribution is 2.32. The fraction of sp³-hybridized carbons (Fsp3) is 0.160. The summed E-state index contributed by atoms with van der Waals surface area (Å²) < 4.78 is 6.74. The van der Waals surface area contributed by atoms with Gasteiger partial charge in [-0.05, 0) is 76.0 Å². The predicted octanol–water partition coefficient (Wildman–Crippen LogP) is 5.94. The highest BCUT2D eigenvalue weighted by molar-refractivity contribution is 14.1. The fourth-order valence-electron chi connectivity index (χ4n) is 3.35. The minimum Gasteiger partial charge on any atom is -0.488 e. The van der Waals surface area contributed by atoms with Crippen LogP contribution in [0, 0.1) is 13.7 Å². The first kappa shape index (κ1) is 24.1. The molecule has 1 aliphatic heterocycles.